The Kier molecular flexibility index (Phi) is 4.07. The van der Waals surface area contributed by atoms with E-state index in [-0.39, 0.29) is 0 Å². The normalized spacial score (nSPS) is 27.1. The summed E-state index contributed by atoms with van der Waals surface area (Å²) in [5.74, 6) is 4.29. The van der Waals surface area contributed by atoms with E-state index in [0.717, 1.165) is 18.2 Å². The van der Waals surface area contributed by atoms with Gasteiger partial charge < -0.3 is 10.4 Å². The molecule has 1 aliphatic heterocycles. The van der Waals surface area contributed by atoms with Crippen LogP contribution in [0.25, 0.3) is 0 Å². The molecule has 2 N–H and O–H groups in total. The number of benzene rings is 1. The summed E-state index contributed by atoms with van der Waals surface area (Å²) in [6.45, 7) is 1.11. The molecule has 0 aromatic heterocycles. The van der Waals surface area contributed by atoms with E-state index in [2.05, 4.69) is 34.9 Å². The third-order valence-corrected chi connectivity index (χ3v) is 6.53. The summed E-state index contributed by atoms with van der Waals surface area (Å²) in [7, 11) is 0. The average molecular weight is 281 g/mol. The SMILES string of the molecule is Oc1ccc2c(c1)CCC2NCC1CSCCS1. The zero-order chi connectivity index (χ0) is 12.4. The van der Waals surface area contributed by atoms with Crippen molar-refractivity contribution in [3.8, 4) is 5.75 Å². The third kappa shape index (κ3) is 2.81. The maximum Gasteiger partial charge on any atom is 0.115 e. The fourth-order valence-electron chi connectivity index (χ4n) is 2.74. The Labute approximate surface area is 117 Å². The van der Waals surface area contributed by atoms with Gasteiger partial charge in [0.15, 0.2) is 0 Å². The zero-order valence-corrected chi connectivity index (χ0v) is 12.0. The molecule has 1 fully saturated rings. The smallest absolute Gasteiger partial charge is 0.115 e. The predicted octanol–water partition coefficient (Wildman–Crippen LogP) is 2.82. The molecule has 2 atom stereocenters. The van der Waals surface area contributed by atoms with E-state index in [1.54, 1.807) is 0 Å². The van der Waals surface area contributed by atoms with Crippen LogP contribution in [0.5, 0.6) is 5.75 Å². The van der Waals surface area contributed by atoms with Gasteiger partial charge in [-0.3, -0.25) is 0 Å². The monoisotopic (exact) mass is 281 g/mol. The van der Waals surface area contributed by atoms with Gasteiger partial charge in [-0.05, 0) is 36.1 Å². The molecule has 0 saturated carbocycles. The number of hydrogen-bond acceptors (Lipinski definition) is 4. The van der Waals surface area contributed by atoms with Crippen molar-refractivity contribution in [1.29, 1.82) is 0 Å². The molecular formula is C14H19NOS2. The molecular weight excluding hydrogens is 262 g/mol. The molecule has 1 saturated heterocycles. The van der Waals surface area contributed by atoms with Crippen LogP contribution in [0.2, 0.25) is 0 Å². The van der Waals surface area contributed by atoms with E-state index < -0.39 is 0 Å². The minimum Gasteiger partial charge on any atom is -0.508 e. The average Bonchev–Trinajstić information content (AvgIpc) is 2.80. The maximum atomic E-state index is 9.49. The highest BCUT2D eigenvalue weighted by molar-refractivity contribution is 8.06. The van der Waals surface area contributed by atoms with Crippen LogP contribution in [0.15, 0.2) is 18.2 Å². The largest absolute Gasteiger partial charge is 0.508 e. The lowest BCUT2D eigenvalue weighted by molar-refractivity contribution is 0.474. The summed E-state index contributed by atoms with van der Waals surface area (Å²) >= 11 is 4.19. The highest BCUT2D eigenvalue weighted by Gasteiger charge is 2.23. The summed E-state index contributed by atoms with van der Waals surface area (Å²) in [6.07, 6.45) is 2.26. The zero-order valence-electron chi connectivity index (χ0n) is 10.4. The number of fused-ring (bicyclic) bond motifs is 1. The fourth-order valence-corrected chi connectivity index (χ4v) is 5.37. The Morgan fingerprint density at radius 1 is 1.33 bits per heavy atom. The summed E-state index contributed by atoms with van der Waals surface area (Å²) < 4.78 is 0. The summed E-state index contributed by atoms with van der Waals surface area (Å²) in [6, 6.07) is 6.30. The molecule has 1 heterocycles. The quantitative estimate of drug-likeness (QED) is 0.892. The molecule has 4 heteroatoms. The highest BCUT2D eigenvalue weighted by atomic mass is 32.2. The molecule has 3 rings (SSSR count). The van der Waals surface area contributed by atoms with Crippen molar-refractivity contribution in [2.75, 3.05) is 23.8 Å². The van der Waals surface area contributed by atoms with Crippen LogP contribution in [0.4, 0.5) is 0 Å². The van der Waals surface area contributed by atoms with Gasteiger partial charge in [0, 0.05) is 35.1 Å². The molecule has 2 unspecified atom stereocenters. The number of phenols is 1. The van der Waals surface area contributed by atoms with E-state index >= 15 is 0 Å². The van der Waals surface area contributed by atoms with Crippen LogP contribution in [-0.2, 0) is 6.42 Å². The lowest BCUT2D eigenvalue weighted by Crippen LogP contribution is -2.31. The van der Waals surface area contributed by atoms with Crippen molar-refractivity contribution in [2.45, 2.75) is 24.1 Å². The van der Waals surface area contributed by atoms with Gasteiger partial charge in [-0.25, -0.2) is 0 Å². The summed E-state index contributed by atoms with van der Waals surface area (Å²) in [4.78, 5) is 0. The number of rotatable bonds is 3. The second-order valence-corrected chi connectivity index (χ2v) is 7.51. The van der Waals surface area contributed by atoms with Crippen LogP contribution in [0.3, 0.4) is 0 Å². The van der Waals surface area contributed by atoms with Gasteiger partial charge in [-0.15, -0.1) is 0 Å². The molecule has 98 valence electrons. The van der Waals surface area contributed by atoms with Crippen molar-refractivity contribution in [3.05, 3.63) is 29.3 Å². The van der Waals surface area contributed by atoms with E-state index in [4.69, 9.17) is 0 Å². The first-order chi connectivity index (χ1) is 8.83. The van der Waals surface area contributed by atoms with Crippen LogP contribution in [0, 0.1) is 0 Å². The molecule has 1 aromatic rings. The molecule has 2 aliphatic rings. The van der Waals surface area contributed by atoms with Crippen molar-refractivity contribution in [3.63, 3.8) is 0 Å². The van der Waals surface area contributed by atoms with Gasteiger partial charge in [-0.2, -0.15) is 23.5 Å². The van der Waals surface area contributed by atoms with Gasteiger partial charge in [-0.1, -0.05) is 6.07 Å². The topological polar surface area (TPSA) is 32.3 Å². The second kappa shape index (κ2) is 5.76. The first-order valence-corrected chi connectivity index (χ1v) is 8.78. The number of nitrogens with one attached hydrogen (secondary N) is 1. The Bertz CT molecular complexity index is 418. The number of phenolic OH excluding ortho intramolecular Hbond substituents is 1. The molecule has 0 spiro atoms. The van der Waals surface area contributed by atoms with Gasteiger partial charge >= 0.3 is 0 Å². The van der Waals surface area contributed by atoms with Crippen molar-refractivity contribution in [1.82, 2.24) is 5.32 Å². The van der Waals surface area contributed by atoms with Crippen LogP contribution < -0.4 is 5.32 Å². The molecule has 0 bridgehead atoms. The van der Waals surface area contributed by atoms with Gasteiger partial charge in [0.05, 0.1) is 0 Å². The molecule has 1 aliphatic carbocycles. The van der Waals surface area contributed by atoms with E-state index in [9.17, 15) is 5.11 Å². The minimum absolute atomic E-state index is 0.397. The predicted molar refractivity (Wildman–Crippen MR) is 80.7 cm³/mol. The minimum atomic E-state index is 0.397. The number of thioether (sulfide) groups is 2. The van der Waals surface area contributed by atoms with Crippen molar-refractivity contribution in [2.24, 2.45) is 0 Å². The lowest BCUT2D eigenvalue weighted by atomic mass is 10.1. The van der Waals surface area contributed by atoms with Gasteiger partial charge in [0.25, 0.3) is 0 Å². The maximum absolute atomic E-state index is 9.49. The Morgan fingerprint density at radius 3 is 3.11 bits per heavy atom. The van der Waals surface area contributed by atoms with Crippen LogP contribution in [-0.4, -0.2) is 34.2 Å². The lowest BCUT2D eigenvalue weighted by Gasteiger charge is -2.23. The van der Waals surface area contributed by atoms with Gasteiger partial charge in [0.1, 0.15) is 5.75 Å². The molecule has 1 aromatic carbocycles. The van der Waals surface area contributed by atoms with Crippen LogP contribution >= 0.6 is 23.5 Å². The summed E-state index contributed by atoms with van der Waals surface area (Å²) in [5, 5.41) is 14.0. The first kappa shape index (κ1) is 12.7. The fraction of sp³-hybridized carbons (Fsp3) is 0.571. The number of aromatic hydroxyl groups is 1. The standard InChI is InChI=1S/C14H19NOS2/c16-11-2-3-13-10(7-11)1-4-14(13)15-8-12-9-17-5-6-18-12/h2-3,7,12,14-16H,1,4-6,8-9H2. The summed E-state index contributed by atoms with van der Waals surface area (Å²) in [5.41, 5.74) is 2.71. The van der Waals surface area contributed by atoms with E-state index in [1.165, 1.54) is 34.8 Å². The Morgan fingerprint density at radius 2 is 2.28 bits per heavy atom. The number of aryl methyl sites for hydroxylation is 1. The van der Waals surface area contributed by atoms with Crippen molar-refractivity contribution < 1.29 is 5.11 Å². The van der Waals surface area contributed by atoms with Crippen molar-refractivity contribution >= 4 is 23.5 Å². The van der Waals surface area contributed by atoms with Crippen LogP contribution in [0.1, 0.15) is 23.6 Å². The third-order valence-electron chi connectivity index (χ3n) is 3.68. The molecule has 2 nitrogen and oxygen atoms in total. The molecule has 0 radical (unpaired) electrons. The molecule has 18 heavy (non-hydrogen) atoms. The molecule has 0 amide bonds. The Balaban J connectivity index is 1.59. The van der Waals surface area contributed by atoms with E-state index in [1.807, 2.05) is 12.1 Å². The Hall–Kier alpha value is -0.320. The first-order valence-electron chi connectivity index (χ1n) is 6.57. The second-order valence-electron chi connectivity index (χ2n) is 4.95. The van der Waals surface area contributed by atoms with E-state index in [0.29, 0.717) is 11.8 Å². The number of hydrogen-bond donors (Lipinski definition) is 2. The highest BCUT2D eigenvalue weighted by Crippen LogP contribution is 2.33. The van der Waals surface area contributed by atoms with Gasteiger partial charge in [0.2, 0.25) is 0 Å².